The van der Waals surface area contributed by atoms with Crippen molar-refractivity contribution in [1.82, 2.24) is 0 Å². The predicted molar refractivity (Wildman–Crippen MR) is 81.1 cm³/mol. The lowest BCUT2D eigenvalue weighted by Gasteiger charge is -2.15. The third-order valence-electron chi connectivity index (χ3n) is 4.41. The average molecular weight is 310 g/mol. The lowest BCUT2D eigenvalue weighted by atomic mass is 9.91. The summed E-state index contributed by atoms with van der Waals surface area (Å²) in [6.45, 7) is 3.72. The molecule has 0 amide bonds. The van der Waals surface area contributed by atoms with Gasteiger partial charge < -0.3 is 5.11 Å². The van der Waals surface area contributed by atoms with Gasteiger partial charge in [-0.05, 0) is 48.8 Å². The van der Waals surface area contributed by atoms with Crippen molar-refractivity contribution >= 4 is 15.8 Å². The van der Waals surface area contributed by atoms with Crippen molar-refractivity contribution in [3.63, 3.8) is 0 Å². The molecule has 0 bridgehead atoms. The van der Waals surface area contributed by atoms with Crippen molar-refractivity contribution in [3.8, 4) is 0 Å². The molecule has 116 valence electrons. The highest BCUT2D eigenvalue weighted by Gasteiger charge is 2.43. The van der Waals surface area contributed by atoms with Crippen LogP contribution in [0.25, 0.3) is 0 Å². The van der Waals surface area contributed by atoms with Gasteiger partial charge >= 0.3 is 5.97 Å². The smallest absolute Gasteiger partial charge is 0.306 e. The lowest BCUT2D eigenvalue weighted by molar-refractivity contribution is -0.138. The van der Waals surface area contributed by atoms with E-state index >= 15 is 0 Å². The van der Waals surface area contributed by atoms with Crippen molar-refractivity contribution < 1.29 is 18.3 Å². The van der Waals surface area contributed by atoms with Gasteiger partial charge in [-0.15, -0.1) is 0 Å². The highest BCUT2D eigenvalue weighted by Crippen LogP contribution is 2.46. The molecule has 0 aliphatic heterocycles. The monoisotopic (exact) mass is 310 g/mol. The first-order chi connectivity index (χ1) is 9.89. The van der Waals surface area contributed by atoms with Gasteiger partial charge in [-0.25, -0.2) is 8.42 Å². The topological polar surface area (TPSA) is 71.4 Å². The van der Waals surface area contributed by atoms with E-state index in [0.29, 0.717) is 10.8 Å². The summed E-state index contributed by atoms with van der Waals surface area (Å²) in [6, 6.07) is 7.07. The Bertz CT molecular complexity index is 604. The lowest BCUT2D eigenvalue weighted by Crippen LogP contribution is -2.06. The first-order valence-electron chi connectivity index (χ1n) is 7.44. The minimum atomic E-state index is -3.16. The first-order valence-corrected chi connectivity index (χ1v) is 9.09. The summed E-state index contributed by atoms with van der Waals surface area (Å²) in [5.74, 6) is -0.200. The molecule has 2 rings (SSSR count). The van der Waals surface area contributed by atoms with Crippen LogP contribution in [0.15, 0.2) is 29.2 Å². The van der Waals surface area contributed by atoms with E-state index in [1.165, 1.54) is 0 Å². The second kappa shape index (κ2) is 6.18. The number of sulfone groups is 1. The zero-order valence-electron chi connectivity index (χ0n) is 12.5. The summed E-state index contributed by atoms with van der Waals surface area (Å²) in [5.41, 5.74) is 1.10. The molecule has 0 radical (unpaired) electrons. The van der Waals surface area contributed by atoms with Crippen molar-refractivity contribution in [2.75, 3.05) is 5.75 Å². The van der Waals surface area contributed by atoms with Gasteiger partial charge in [-0.3, -0.25) is 4.79 Å². The highest BCUT2D eigenvalue weighted by molar-refractivity contribution is 7.91. The van der Waals surface area contributed by atoms with Gasteiger partial charge in [0, 0.05) is 0 Å². The first kappa shape index (κ1) is 16.0. The molecule has 5 heteroatoms. The molecular formula is C16H22O4S. The maximum Gasteiger partial charge on any atom is 0.306 e. The van der Waals surface area contributed by atoms with Crippen LogP contribution < -0.4 is 0 Å². The van der Waals surface area contributed by atoms with Crippen LogP contribution in [0.2, 0.25) is 0 Å². The van der Waals surface area contributed by atoms with Crippen molar-refractivity contribution in [3.05, 3.63) is 29.8 Å². The number of carbonyl (C=O) groups is 1. The molecule has 4 nitrogen and oxygen atoms in total. The largest absolute Gasteiger partial charge is 0.481 e. The minimum absolute atomic E-state index is 0.103. The molecule has 21 heavy (non-hydrogen) atoms. The molecular weight excluding hydrogens is 288 g/mol. The zero-order chi connectivity index (χ0) is 15.6. The van der Waals surface area contributed by atoms with Gasteiger partial charge in [0.05, 0.1) is 16.6 Å². The molecule has 1 aliphatic carbocycles. The van der Waals surface area contributed by atoms with Crippen LogP contribution in [-0.2, 0) is 14.6 Å². The van der Waals surface area contributed by atoms with E-state index in [9.17, 15) is 13.2 Å². The Kier molecular flexibility index (Phi) is 4.71. The molecule has 1 aromatic rings. The quantitative estimate of drug-likeness (QED) is 0.840. The van der Waals surface area contributed by atoms with Gasteiger partial charge in [0.15, 0.2) is 9.84 Å². The van der Waals surface area contributed by atoms with E-state index in [1.54, 1.807) is 19.1 Å². The Morgan fingerprint density at radius 1 is 1.29 bits per heavy atom. The zero-order valence-corrected chi connectivity index (χ0v) is 13.3. The second-order valence-electron chi connectivity index (χ2n) is 5.75. The number of hydrogen-bond donors (Lipinski definition) is 1. The van der Waals surface area contributed by atoms with Crippen molar-refractivity contribution in [2.24, 2.45) is 11.8 Å². The van der Waals surface area contributed by atoms with Gasteiger partial charge in [0.1, 0.15) is 0 Å². The highest BCUT2D eigenvalue weighted by atomic mass is 32.2. The van der Waals surface area contributed by atoms with E-state index in [2.05, 4.69) is 6.92 Å². The number of rotatable bonds is 7. The Balaban J connectivity index is 2.08. The molecule has 3 unspecified atom stereocenters. The number of carboxylic acid groups (broad SMARTS) is 1. The summed E-state index contributed by atoms with van der Waals surface area (Å²) >= 11 is 0. The van der Waals surface area contributed by atoms with Crippen LogP contribution in [-0.4, -0.2) is 25.2 Å². The van der Waals surface area contributed by atoms with Gasteiger partial charge in [0.2, 0.25) is 0 Å². The molecule has 1 aromatic carbocycles. The van der Waals surface area contributed by atoms with Crippen molar-refractivity contribution in [2.45, 2.75) is 43.9 Å². The molecule has 3 atom stereocenters. The fourth-order valence-electron chi connectivity index (χ4n) is 2.83. The Morgan fingerprint density at radius 2 is 1.90 bits per heavy atom. The maximum absolute atomic E-state index is 11.8. The summed E-state index contributed by atoms with van der Waals surface area (Å²) < 4.78 is 23.6. The van der Waals surface area contributed by atoms with Crippen molar-refractivity contribution in [1.29, 1.82) is 0 Å². The van der Waals surface area contributed by atoms with E-state index < -0.39 is 15.8 Å². The third kappa shape index (κ3) is 3.64. The maximum atomic E-state index is 11.8. The molecule has 0 spiro atoms. The van der Waals surface area contributed by atoms with E-state index in [4.69, 9.17) is 5.11 Å². The Hall–Kier alpha value is -1.36. The van der Waals surface area contributed by atoms with E-state index in [1.807, 2.05) is 12.1 Å². The van der Waals surface area contributed by atoms with E-state index in [-0.39, 0.29) is 17.6 Å². The molecule has 1 saturated carbocycles. The normalized spacial score (nSPS) is 22.8. The summed E-state index contributed by atoms with van der Waals surface area (Å²) in [4.78, 5) is 11.3. The van der Waals surface area contributed by atoms with E-state index in [0.717, 1.165) is 24.8 Å². The summed E-state index contributed by atoms with van der Waals surface area (Å²) in [5, 5.41) is 8.97. The molecule has 0 aromatic heterocycles. The standard InChI is InChI=1S/C16H22O4S/c1-3-11(9-13-10-15(13)16(17)18)12-5-7-14(8-6-12)21(19,20)4-2/h5-8,11,13,15H,3-4,9-10H2,1-2H3,(H,17,18). The fourth-order valence-corrected chi connectivity index (χ4v) is 3.71. The Morgan fingerprint density at radius 3 is 2.33 bits per heavy atom. The Labute approximate surface area is 126 Å². The second-order valence-corrected chi connectivity index (χ2v) is 8.03. The fraction of sp³-hybridized carbons (Fsp3) is 0.562. The summed E-state index contributed by atoms with van der Waals surface area (Å²) in [6.07, 6.45) is 2.57. The molecule has 1 fully saturated rings. The van der Waals surface area contributed by atoms with Crippen LogP contribution in [0, 0.1) is 11.8 Å². The molecule has 0 heterocycles. The predicted octanol–water partition coefficient (Wildman–Crippen LogP) is 3.08. The van der Waals surface area contributed by atoms with Crippen LogP contribution in [0.1, 0.15) is 44.6 Å². The molecule has 1 aliphatic rings. The SMILES string of the molecule is CCC(CC1CC1C(=O)O)c1ccc(S(=O)(=O)CC)cc1. The minimum Gasteiger partial charge on any atom is -0.481 e. The third-order valence-corrected chi connectivity index (χ3v) is 6.16. The summed E-state index contributed by atoms with van der Waals surface area (Å²) in [7, 11) is -3.16. The van der Waals surface area contributed by atoms with Crippen LogP contribution in [0.4, 0.5) is 0 Å². The van der Waals surface area contributed by atoms with Crippen LogP contribution >= 0.6 is 0 Å². The number of aliphatic carboxylic acids is 1. The van der Waals surface area contributed by atoms with Gasteiger partial charge in [-0.1, -0.05) is 26.0 Å². The number of carboxylic acids is 1. The average Bonchev–Trinajstić information content (AvgIpc) is 3.24. The van der Waals surface area contributed by atoms with Gasteiger partial charge in [-0.2, -0.15) is 0 Å². The molecule has 0 saturated heterocycles. The molecule has 1 N–H and O–H groups in total. The van der Waals surface area contributed by atoms with Gasteiger partial charge in [0.25, 0.3) is 0 Å². The van der Waals surface area contributed by atoms with Crippen LogP contribution in [0.3, 0.4) is 0 Å². The number of benzene rings is 1. The van der Waals surface area contributed by atoms with Crippen LogP contribution in [0.5, 0.6) is 0 Å². The number of hydrogen-bond acceptors (Lipinski definition) is 3.